The van der Waals surface area contributed by atoms with Crippen molar-refractivity contribution in [3.05, 3.63) is 58.5 Å². The fourth-order valence-corrected chi connectivity index (χ4v) is 2.30. The van der Waals surface area contributed by atoms with Crippen molar-refractivity contribution in [2.75, 3.05) is 6.61 Å². The molecule has 4 nitrogen and oxygen atoms in total. The van der Waals surface area contributed by atoms with E-state index in [4.69, 9.17) is 4.74 Å². The summed E-state index contributed by atoms with van der Waals surface area (Å²) in [6.45, 7) is 10.3. The van der Waals surface area contributed by atoms with Gasteiger partial charge in [0.1, 0.15) is 12.3 Å². The minimum atomic E-state index is -0.128. The van der Waals surface area contributed by atoms with E-state index in [0.29, 0.717) is 30.2 Å². The van der Waals surface area contributed by atoms with Crippen LogP contribution in [0.4, 0.5) is 0 Å². The van der Waals surface area contributed by atoms with Gasteiger partial charge in [0, 0.05) is 6.54 Å². The lowest BCUT2D eigenvalue weighted by Gasteiger charge is -2.15. The monoisotopic (exact) mass is 284 g/mol. The Kier molecular flexibility index (Phi) is 4.58. The third kappa shape index (κ3) is 2.89. The van der Waals surface area contributed by atoms with E-state index in [1.165, 1.54) is 4.68 Å². The molecule has 21 heavy (non-hydrogen) atoms. The molecule has 0 atom stereocenters. The van der Waals surface area contributed by atoms with E-state index in [9.17, 15) is 4.79 Å². The molecule has 0 fully saturated rings. The highest BCUT2D eigenvalue weighted by Gasteiger charge is 2.18. The van der Waals surface area contributed by atoms with Crippen molar-refractivity contribution in [1.29, 1.82) is 0 Å². The maximum absolute atomic E-state index is 12.7. The molecule has 4 heteroatoms. The lowest BCUT2D eigenvalue weighted by atomic mass is 10.0. The van der Waals surface area contributed by atoms with E-state index in [0.717, 1.165) is 11.1 Å². The molecule has 0 aliphatic heterocycles. The lowest BCUT2D eigenvalue weighted by molar-refractivity contribution is 0.355. The van der Waals surface area contributed by atoms with Gasteiger partial charge in [0.15, 0.2) is 5.75 Å². The summed E-state index contributed by atoms with van der Waals surface area (Å²) in [4.78, 5) is 12.7. The van der Waals surface area contributed by atoms with Crippen LogP contribution in [0.5, 0.6) is 5.75 Å². The first-order chi connectivity index (χ1) is 10.1. The molecule has 2 rings (SSSR count). The SMILES string of the molecule is C=CCOc1c(C)nn(CC)c(=O)c1-c1ccccc1C. The number of rotatable bonds is 5. The van der Waals surface area contributed by atoms with Crippen molar-refractivity contribution in [3.8, 4) is 16.9 Å². The molecule has 0 aliphatic carbocycles. The maximum atomic E-state index is 12.7. The minimum Gasteiger partial charge on any atom is -0.487 e. The molecular formula is C17H20N2O2. The number of benzene rings is 1. The summed E-state index contributed by atoms with van der Waals surface area (Å²) in [6.07, 6.45) is 1.66. The van der Waals surface area contributed by atoms with Gasteiger partial charge >= 0.3 is 0 Å². The number of aromatic nitrogens is 2. The minimum absolute atomic E-state index is 0.128. The standard InChI is InChI=1S/C17H20N2O2/c1-5-11-21-16-13(4)18-19(6-2)17(20)15(16)14-10-8-7-9-12(14)3/h5,7-10H,1,6,11H2,2-4H3. The van der Waals surface area contributed by atoms with E-state index in [2.05, 4.69) is 11.7 Å². The molecule has 0 N–H and O–H groups in total. The van der Waals surface area contributed by atoms with Gasteiger partial charge in [-0.3, -0.25) is 4.79 Å². The van der Waals surface area contributed by atoms with E-state index in [1.807, 2.05) is 45.0 Å². The van der Waals surface area contributed by atoms with Crippen LogP contribution in [0.1, 0.15) is 18.2 Å². The van der Waals surface area contributed by atoms with Crippen LogP contribution in [0.15, 0.2) is 41.7 Å². The van der Waals surface area contributed by atoms with Crippen LogP contribution < -0.4 is 10.3 Å². The molecule has 1 heterocycles. The van der Waals surface area contributed by atoms with Crippen LogP contribution in [0.2, 0.25) is 0 Å². The Morgan fingerprint density at radius 2 is 2.05 bits per heavy atom. The van der Waals surface area contributed by atoms with Crippen LogP contribution >= 0.6 is 0 Å². The van der Waals surface area contributed by atoms with Crippen LogP contribution in [0.3, 0.4) is 0 Å². The Labute approximate surface area is 124 Å². The fourth-order valence-electron chi connectivity index (χ4n) is 2.30. The Morgan fingerprint density at radius 3 is 2.67 bits per heavy atom. The predicted octanol–water partition coefficient (Wildman–Crippen LogP) is 3.11. The van der Waals surface area contributed by atoms with E-state index in [-0.39, 0.29) is 5.56 Å². The molecule has 110 valence electrons. The second-order valence-corrected chi connectivity index (χ2v) is 4.83. The van der Waals surface area contributed by atoms with Crippen LogP contribution in [0, 0.1) is 13.8 Å². The molecule has 1 aromatic carbocycles. The Balaban J connectivity index is 2.77. The van der Waals surface area contributed by atoms with Crippen molar-refractivity contribution in [3.63, 3.8) is 0 Å². The van der Waals surface area contributed by atoms with Crippen molar-refractivity contribution in [2.45, 2.75) is 27.3 Å². The zero-order valence-corrected chi connectivity index (χ0v) is 12.7. The topological polar surface area (TPSA) is 44.1 Å². The highest BCUT2D eigenvalue weighted by atomic mass is 16.5. The van der Waals surface area contributed by atoms with Crippen molar-refractivity contribution in [2.24, 2.45) is 0 Å². The van der Waals surface area contributed by atoms with Crippen molar-refractivity contribution >= 4 is 0 Å². The van der Waals surface area contributed by atoms with E-state index >= 15 is 0 Å². The van der Waals surface area contributed by atoms with Crippen molar-refractivity contribution < 1.29 is 4.74 Å². The molecule has 0 saturated heterocycles. The summed E-state index contributed by atoms with van der Waals surface area (Å²) in [6, 6.07) is 7.80. The Hall–Kier alpha value is -2.36. The molecule has 0 unspecified atom stereocenters. The molecule has 0 spiro atoms. The van der Waals surface area contributed by atoms with Crippen LogP contribution in [-0.2, 0) is 6.54 Å². The molecule has 2 aromatic rings. The molecule has 0 aliphatic rings. The first-order valence-corrected chi connectivity index (χ1v) is 7.01. The molecule has 0 bridgehead atoms. The van der Waals surface area contributed by atoms with Gasteiger partial charge < -0.3 is 4.74 Å². The zero-order valence-electron chi connectivity index (χ0n) is 12.7. The largest absolute Gasteiger partial charge is 0.487 e. The maximum Gasteiger partial charge on any atom is 0.278 e. The summed E-state index contributed by atoms with van der Waals surface area (Å²) in [5, 5.41) is 4.30. The number of aryl methyl sites for hydroxylation is 3. The highest BCUT2D eigenvalue weighted by Crippen LogP contribution is 2.30. The lowest BCUT2D eigenvalue weighted by Crippen LogP contribution is -2.26. The van der Waals surface area contributed by atoms with Gasteiger partial charge in [0.2, 0.25) is 0 Å². The molecule has 0 saturated carbocycles. The summed E-state index contributed by atoms with van der Waals surface area (Å²) in [5.74, 6) is 0.541. The summed E-state index contributed by atoms with van der Waals surface area (Å²) in [7, 11) is 0. The van der Waals surface area contributed by atoms with Gasteiger partial charge in [0.25, 0.3) is 5.56 Å². The molecular weight excluding hydrogens is 264 g/mol. The number of hydrogen-bond acceptors (Lipinski definition) is 3. The first-order valence-electron chi connectivity index (χ1n) is 7.01. The van der Waals surface area contributed by atoms with Gasteiger partial charge in [-0.05, 0) is 31.9 Å². The smallest absolute Gasteiger partial charge is 0.278 e. The molecule has 0 amide bonds. The van der Waals surface area contributed by atoms with Gasteiger partial charge in [-0.15, -0.1) is 0 Å². The number of ether oxygens (including phenoxy) is 1. The third-order valence-corrected chi connectivity index (χ3v) is 3.33. The van der Waals surface area contributed by atoms with Crippen LogP contribution in [0.25, 0.3) is 11.1 Å². The summed E-state index contributed by atoms with van der Waals surface area (Å²) in [5.41, 5.74) is 3.07. The summed E-state index contributed by atoms with van der Waals surface area (Å²) < 4.78 is 7.18. The second kappa shape index (κ2) is 6.39. The first kappa shape index (κ1) is 15.0. The van der Waals surface area contributed by atoms with Gasteiger partial charge in [-0.25, -0.2) is 4.68 Å². The molecule has 0 radical (unpaired) electrons. The van der Waals surface area contributed by atoms with Crippen molar-refractivity contribution in [1.82, 2.24) is 9.78 Å². The van der Waals surface area contributed by atoms with Gasteiger partial charge in [0.05, 0.1) is 5.56 Å². The average molecular weight is 284 g/mol. The van der Waals surface area contributed by atoms with Gasteiger partial charge in [-0.2, -0.15) is 5.10 Å². The number of hydrogen-bond donors (Lipinski definition) is 0. The third-order valence-electron chi connectivity index (χ3n) is 3.33. The fraction of sp³-hybridized carbons (Fsp3) is 0.294. The quantitative estimate of drug-likeness (QED) is 0.792. The number of nitrogens with zero attached hydrogens (tertiary/aromatic N) is 2. The van der Waals surface area contributed by atoms with E-state index < -0.39 is 0 Å². The van der Waals surface area contributed by atoms with Crippen LogP contribution in [-0.4, -0.2) is 16.4 Å². The zero-order chi connectivity index (χ0) is 15.4. The average Bonchev–Trinajstić information content (AvgIpc) is 2.48. The predicted molar refractivity (Wildman–Crippen MR) is 84.8 cm³/mol. The molecule has 1 aromatic heterocycles. The second-order valence-electron chi connectivity index (χ2n) is 4.83. The normalized spacial score (nSPS) is 10.4. The summed E-state index contributed by atoms with van der Waals surface area (Å²) >= 11 is 0. The highest BCUT2D eigenvalue weighted by molar-refractivity contribution is 5.73. The van der Waals surface area contributed by atoms with Gasteiger partial charge in [-0.1, -0.05) is 36.9 Å². The Bertz CT molecular complexity index is 717. The Morgan fingerprint density at radius 1 is 1.33 bits per heavy atom. The van der Waals surface area contributed by atoms with E-state index in [1.54, 1.807) is 6.08 Å².